The van der Waals surface area contributed by atoms with Crippen LogP contribution in [0.25, 0.3) is 0 Å². The molecule has 0 fully saturated rings. The lowest BCUT2D eigenvalue weighted by Crippen LogP contribution is -2.37. The lowest BCUT2D eigenvalue weighted by Gasteiger charge is -2.23. The van der Waals surface area contributed by atoms with Crippen LogP contribution in [-0.4, -0.2) is 33.6 Å². The Morgan fingerprint density at radius 1 is 0.289 bits per heavy atom. The quantitative estimate of drug-likeness (QED) is 0.0743. The third-order valence-electron chi connectivity index (χ3n) is 8.50. The van der Waals surface area contributed by atoms with Crippen LogP contribution >= 0.6 is 0 Å². The van der Waals surface area contributed by atoms with Gasteiger partial charge in [-0.25, -0.2) is 0 Å². The zero-order valence-corrected chi connectivity index (χ0v) is 26.3. The van der Waals surface area contributed by atoms with Gasteiger partial charge in [-0.15, -0.1) is 0 Å². The Morgan fingerprint density at radius 3 is 0.684 bits per heavy atom. The number of aliphatic hydroxyl groups is 3. The summed E-state index contributed by atoms with van der Waals surface area (Å²) in [5, 5.41) is 30.9. The molecule has 38 heavy (non-hydrogen) atoms. The zero-order valence-electron chi connectivity index (χ0n) is 26.3. The molecule has 0 aromatic rings. The SMILES string of the molecule is CCCCCCCCCCCCCCCCC(O)C(O)C(O)CCCCCCCCCCCCCCCC. The number of hydrogen-bond donors (Lipinski definition) is 3. The van der Waals surface area contributed by atoms with Gasteiger partial charge >= 0.3 is 0 Å². The molecule has 0 bridgehead atoms. The van der Waals surface area contributed by atoms with E-state index in [0.29, 0.717) is 12.8 Å². The lowest BCUT2D eigenvalue weighted by molar-refractivity contribution is -0.0653. The summed E-state index contributed by atoms with van der Waals surface area (Å²) in [5.41, 5.74) is 0. The molecule has 0 radical (unpaired) electrons. The molecule has 3 N–H and O–H groups in total. The maximum Gasteiger partial charge on any atom is 0.106 e. The molecule has 0 aliphatic heterocycles. The fourth-order valence-electron chi connectivity index (χ4n) is 5.69. The molecule has 0 saturated carbocycles. The van der Waals surface area contributed by atoms with Crippen molar-refractivity contribution in [2.75, 3.05) is 0 Å². The topological polar surface area (TPSA) is 60.7 Å². The Morgan fingerprint density at radius 2 is 0.474 bits per heavy atom. The van der Waals surface area contributed by atoms with Crippen molar-refractivity contribution < 1.29 is 15.3 Å². The van der Waals surface area contributed by atoms with Crippen LogP contribution < -0.4 is 0 Å². The third kappa shape index (κ3) is 27.4. The van der Waals surface area contributed by atoms with Gasteiger partial charge in [0, 0.05) is 0 Å². The fourth-order valence-corrected chi connectivity index (χ4v) is 5.69. The van der Waals surface area contributed by atoms with Gasteiger partial charge in [-0.1, -0.05) is 194 Å². The molecule has 0 rings (SSSR count). The average Bonchev–Trinajstić information content (AvgIpc) is 2.92. The predicted octanol–water partition coefficient (Wildman–Crippen LogP) is 10.8. The van der Waals surface area contributed by atoms with Crippen molar-refractivity contribution in [3.63, 3.8) is 0 Å². The summed E-state index contributed by atoms with van der Waals surface area (Å²) in [5.74, 6) is 0. The highest BCUT2D eigenvalue weighted by Crippen LogP contribution is 2.18. The Labute approximate surface area is 240 Å². The van der Waals surface area contributed by atoms with E-state index < -0.39 is 18.3 Å². The van der Waals surface area contributed by atoms with Crippen LogP contribution in [0.5, 0.6) is 0 Å². The van der Waals surface area contributed by atoms with Crippen molar-refractivity contribution in [2.45, 2.75) is 225 Å². The molecule has 0 aliphatic carbocycles. The van der Waals surface area contributed by atoms with E-state index in [9.17, 15) is 15.3 Å². The molecule has 2 atom stereocenters. The molecule has 0 saturated heterocycles. The molecular weight excluding hydrogens is 468 g/mol. The van der Waals surface area contributed by atoms with Crippen molar-refractivity contribution in [1.82, 2.24) is 0 Å². The molecule has 0 aromatic carbocycles. The van der Waals surface area contributed by atoms with Crippen LogP contribution in [0, 0.1) is 0 Å². The van der Waals surface area contributed by atoms with Gasteiger partial charge in [0.05, 0.1) is 12.2 Å². The van der Waals surface area contributed by atoms with Crippen LogP contribution in [-0.2, 0) is 0 Å². The van der Waals surface area contributed by atoms with E-state index in [4.69, 9.17) is 0 Å². The highest BCUT2D eigenvalue weighted by molar-refractivity contribution is 4.75. The minimum absolute atomic E-state index is 0.606. The van der Waals surface area contributed by atoms with Gasteiger partial charge in [-0.2, -0.15) is 0 Å². The zero-order chi connectivity index (χ0) is 27.9. The smallest absolute Gasteiger partial charge is 0.106 e. The summed E-state index contributed by atoms with van der Waals surface area (Å²) in [7, 11) is 0. The van der Waals surface area contributed by atoms with E-state index in [1.807, 2.05) is 0 Å². The van der Waals surface area contributed by atoms with Gasteiger partial charge in [0.1, 0.15) is 6.10 Å². The van der Waals surface area contributed by atoms with Crippen molar-refractivity contribution in [3.05, 3.63) is 0 Å². The van der Waals surface area contributed by atoms with Crippen LogP contribution in [0.4, 0.5) is 0 Å². The van der Waals surface area contributed by atoms with Gasteiger partial charge in [0.15, 0.2) is 0 Å². The van der Waals surface area contributed by atoms with Gasteiger partial charge < -0.3 is 15.3 Å². The summed E-state index contributed by atoms with van der Waals surface area (Å²) in [4.78, 5) is 0. The number of hydrogen-bond acceptors (Lipinski definition) is 3. The van der Waals surface area contributed by atoms with Gasteiger partial charge in [0.25, 0.3) is 0 Å². The standard InChI is InChI=1S/C35H72O3/c1-3-5-7-9-11-13-15-17-19-21-23-25-27-29-31-33(36)35(38)34(37)32-30-28-26-24-22-20-18-16-14-12-10-8-6-4-2/h33-38H,3-32H2,1-2H3. The van der Waals surface area contributed by atoms with Crippen LogP contribution in [0.1, 0.15) is 206 Å². The molecule has 0 spiro atoms. The number of unbranched alkanes of at least 4 members (excludes halogenated alkanes) is 26. The van der Waals surface area contributed by atoms with E-state index >= 15 is 0 Å². The Hall–Kier alpha value is -0.120. The second kappa shape index (κ2) is 31.4. The van der Waals surface area contributed by atoms with Crippen molar-refractivity contribution in [3.8, 4) is 0 Å². The van der Waals surface area contributed by atoms with E-state index in [2.05, 4.69) is 13.8 Å². The largest absolute Gasteiger partial charge is 0.390 e. The summed E-state index contributed by atoms with van der Waals surface area (Å²) < 4.78 is 0. The fraction of sp³-hybridized carbons (Fsp3) is 1.00. The minimum Gasteiger partial charge on any atom is -0.390 e. The summed E-state index contributed by atoms with van der Waals surface area (Å²) in [6.45, 7) is 4.55. The highest BCUT2D eigenvalue weighted by Gasteiger charge is 2.23. The van der Waals surface area contributed by atoms with Gasteiger partial charge in [-0.05, 0) is 12.8 Å². The molecule has 2 unspecified atom stereocenters. The van der Waals surface area contributed by atoms with E-state index in [1.54, 1.807) is 0 Å². The first kappa shape index (κ1) is 37.9. The van der Waals surface area contributed by atoms with E-state index in [0.717, 1.165) is 25.7 Å². The Bertz CT molecular complexity index is 389. The third-order valence-corrected chi connectivity index (χ3v) is 8.50. The first-order valence-electron chi connectivity index (χ1n) is 17.7. The minimum atomic E-state index is -0.987. The predicted molar refractivity (Wildman–Crippen MR) is 168 cm³/mol. The molecule has 3 heteroatoms. The molecule has 0 aromatic heterocycles. The molecule has 0 heterocycles. The second-order valence-electron chi connectivity index (χ2n) is 12.4. The second-order valence-corrected chi connectivity index (χ2v) is 12.4. The summed E-state index contributed by atoms with van der Waals surface area (Å²) >= 11 is 0. The maximum atomic E-state index is 10.3. The first-order chi connectivity index (χ1) is 18.6. The van der Waals surface area contributed by atoms with Crippen LogP contribution in [0.15, 0.2) is 0 Å². The number of rotatable bonds is 32. The normalized spacial score (nSPS) is 14.1. The summed E-state index contributed by atoms with van der Waals surface area (Å²) in [6.07, 6.45) is 35.6. The maximum absolute atomic E-state index is 10.3. The Kier molecular flexibility index (Phi) is 31.3. The molecule has 230 valence electrons. The van der Waals surface area contributed by atoms with Crippen LogP contribution in [0.3, 0.4) is 0 Å². The first-order valence-corrected chi connectivity index (χ1v) is 17.7. The average molecular weight is 541 g/mol. The van der Waals surface area contributed by atoms with Crippen molar-refractivity contribution in [1.29, 1.82) is 0 Å². The van der Waals surface area contributed by atoms with Crippen LogP contribution in [0.2, 0.25) is 0 Å². The molecule has 0 aliphatic rings. The molecule has 0 amide bonds. The molecular formula is C35H72O3. The monoisotopic (exact) mass is 541 g/mol. The molecule has 3 nitrogen and oxygen atoms in total. The Balaban J connectivity index is 3.41. The lowest BCUT2D eigenvalue weighted by atomic mass is 9.97. The van der Waals surface area contributed by atoms with Crippen molar-refractivity contribution in [2.24, 2.45) is 0 Å². The van der Waals surface area contributed by atoms with Gasteiger partial charge in [-0.3, -0.25) is 0 Å². The highest BCUT2D eigenvalue weighted by atomic mass is 16.4. The van der Waals surface area contributed by atoms with E-state index in [1.165, 1.54) is 154 Å². The van der Waals surface area contributed by atoms with E-state index in [-0.39, 0.29) is 0 Å². The van der Waals surface area contributed by atoms with Crippen molar-refractivity contribution >= 4 is 0 Å². The summed E-state index contributed by atoms with van der Waals surface area (Å²) in [6, 6.07) is 0. The number of aliphatic hydroxyl groups excluding tert-OH is 3. The van der Waals surface area contributed by atoms with Gasteiger partial charge in [0.2, 0.25) is 0 Å².